The Bertz CT molecular complexity index is 794. The monoisotopic (exact) mass is 447 g/mol. The molecule has 0 radical (unpaired) electrons. The van der Waals surface area contributed by atoms with Crippen molar-refractivity contribution in [2.24, 2.45) is 17.8 Å². The lowest BCUT2D eigenvalue weighted by Crippen LogP contribution is -2.48. The van der Waals surface area contributed by atoms with E-state index in [4.69, 9.17) is 14.2 Å². The van der Waals surface area contributed by atoms with Crippen molar-refractivity contribution in [3.8, 4) is 5.75 Å². The molecule has 1 saturated heterocycles. The molecule has 2 aliphatic rings. The number of carboxylic acids is 1. The number of ether oxygens (including phenoxy) is 3. The van der Waals surface area contributed by atoms with Gasteiger partial charge in [-0.1, -0.05) is 30.7 Å². The number of likely N-dealkylation sites (tertiary alicyclic amines) is 1. The molecule has 1 unspecified atom stereocenters. The van der Waals surface area contributed by atoms with E-state index in [1.54, 1.807) is 7.11 Å². The highest BCUT2D eigenvalue weighted by molar-refractivity contribution is 5.69. The smallest absolute Gasteiger partial charge is 0.411 e. The largest absolute Gasteiger partial charge is 0.497 e. The SMILES string of the molecule is COC(=O)N1C(O)C[C@H]2[C@H]1[C@H](CCCCOCc1ccc(OC)cc1)C=C[C@@H]2CC(=O)O. The number of hydrogen-bond acceptors (Lipinski definition) is 6. The summed E-state index contributed by atoms with van der Waals surface area (Å²) in [5.74, 6) is -0.316. The van der Waals surface area contributed by atoms with Crippen molar-refractivity contribution in [1.29, 1.82) is 0 Å². The van der Waals surface area contributed by atoms with Crippen LogP contribution >= 0.6 is 0 Å². The molecule has 8 heteroatoms. The van der Waals surface area contributed by atoms with Gasteiger partial charge < -0.3 is 24.4 Å². The molecule has 1 fully saturated rings. The zero-order valence-corrected chi connectivity index (χ0v) is 18.7. The molecule has 0 saturated carbocycles. The number of aliphatic hydroxyl groups excluding tert-OH is 1. The normalized spacial score (nSPS) is 26.6. The number of benzene rings is 1. The Kier molecular flexibility index (Phi) is 8.53. The van der Waals surface area contributed by atoms with E-state index in [0.29, 0.717) is 19.6 Å². The molecule has 2 N–H and O–H groups in total. The maximum absolute atomic E-state index is 12.3. The molecule has 1 heterocycles. The van der Waals surface area contributed by atoms with E-state index in [2.05, 4.69) is 0 Å². The Morgan fingerprint density at radius 3 is 2.47 bits per heavy atom. The molecule has 32 heavy (non-hydrogen) atoms. The average Bonchev–Trinajstić information content (AvgIpc) is 3.14. The molecule has 1 aromatic carbocycles. The topological polar surface area (TPSA) is 106 Å². The zero-order chi connectivity index (χ0) is 23.1. The molecule has 0 spiro atoms. The van der Waals surface area contributed by atoms with Gasteiger partial charge in [0.25, 0.3) is 0 Å². The lowest BCUT2D eigenvalue weighted by molar-refractivity contribution is -0.138. The molecule has 1 aliphatic heterocycles. The Labute approximate surface area is 188 Å². The van der Waals surface area contributed by atoms with Gasteiger partial charge in [0.15, 0.2) is 0 Å². The van der Waals surface area contributed by atoms with E-state index in [1.807, 2.05) is 36.4 Å². The molecule has 0 bridgehead atoms. The van der Waals surface area contributed by atoms with Gasteiger partial charge in [-0.15, -0.1) is 0 Å². The number of unbranched alkanes of at least 4 members (excludes halogenated alkanes) is 1. The highest BCUT2D eigenvalue weighted by Gasteiger charge is 2.50. The van der Waals surface area contributed by atoms with Crippen molar-refractivity contribution in [3.63, 3.8) is 0 Å². The minimum Gasteiger partial charge on any atom is -0.497 e. The van der Waals surface area contributed by atoms with Crippen LogP contribution in [0.15, 0.2) is 36.4 Å². The van der Waals surface area contributed by atoms with Crippen LogP contribution in [0.4, 0.5) is 4.79 Å². The van der Waals surface area contributed by atoms with E-state index in [1.165, 1.54) is 12.0 Å². The minimum atomic E-state index is -0.955. The quantitative estimate of drug-likeness (QED) is 0.418. The second-order valence-corrected chi connectivity index (χ2v) is 8.45. The van der Waals surface area contributed by atoms with Crippen LogP contribution in [0.2, 0.25) is 0 Å². The van der Waals surface area contributed by atoms with E-state index in [-0.39, 0.29) is 30.2 Å². The standard InChI is InChI=1S/C24H33NO7/c1-30-19-10-6-16(7-11-19)15-32-12-4-3-5-17-8-9-18(13-22(27)28)20-14-21(26)25(23(17)20)24(29)31-2/h6-11,17-18,20-21,23,26H,3-5,12-15H2,1-2H3,(H,27,28)/t17-,18-,20-,21?,23-/m1/s1. The highest BCUT2D eigenvalue weighted by atomic mass is 16.5. The first kappa shape index (κ1) is 24.1. The third kappa shape index (κ3) is 5.81. The lowest BCUT2D eigenvalue weighted by atomic mass is 9.72. The number of aliphatic hydroxyl groups is 1. The summed E-state index contributed by atoms with van der Waals surface area (Å²) in [6.45, 7) is 1.17. The maximum atomic E-state index is 12.3. The van der Waals surface area contributed by atoms with Crippen molar-refractivity contribution in [3.05, 3.63) is 42.0 Å². The Morgan fingerprint density at radius 1 is 1.09 bits per heavy atom. The van der Waals surface area contributed by atoms with E-state index < -0.39 is 18.3 Å². The fourth-order valence-electron chi connectivity index (χ4n) is 4.93. The first-order valence-corrected chi connectivity index (χ1v) is 11.1. The van der Waals surface area contributed by atoms with Gasteiger partial charge in [-0.25, -0.2) is 4.79 Å². The van der Waals surface area contributed by atoms with Crippen LogP contribution in [-0.2, 0) is 20.9 Å². The number of carbonyl (C=O) groups excluding carboxylic acids is 1. The number of rotatable bonds is 10. The second kappa shape index (κ2) is 11.3. The first-order chi connectivity index (χ1) is 15.4. The van der Waals surface area contributed by atoms with Crippen molar-refractivity contribution >= 4 is 12.1 Å². The van der Waals surface area contributed by atoms with E-state index >= 15 is 0 Å². The fourth-order valence-corrected chi connectivity index (χ4v) is 4.93. The number of nitrogens with zero attached hydrogens (tertiary/aromatic N) is 1. The van der Waals surface area contributed by atoms with Crippen LogP contribution < -0.4 is 4.74 Å². The van der Waals surface area contributed by atoms with Crippen LogP contribution in [0, 0.1) is 17.8 Å². The average molecular weight is 448 g/mol. The maximum Gasteiger partial charge on any atom is 0.411 e. The molecule has 1 amide bonds. The summed E-state index contributed by atoms with van der Waals surface area (Å²) in [5.41, 5.74) is 1.09. The molecule has 1 aromatic rings. The molecular formula is C24H33NO7. The summed E-state index contributed by atoms with van der Waals surface area (Å²) in [7, 11) is 2.93. The van der Waals surface area contributed by atoms with Crippen LogP contribution in [-0.4, -0.2) is 60.3 Å². The van der Waals surface area contributed by atoms with Crippen molar-refractivity contribution in [1.82, 2.24) is 4.90 Å². The number of hydrogen-bond donors (Lipinski definition) is 2. The van der Waals surface area contributed by atoms with Crippen LogP contribution in [0.25, 0.3) is 0 Å². The lowest BCUT2D eigenvalue weighted by Gasteiger charge is -2.38. The van der Waals surface area contributed by atoms with Crippen LogP contribution in [0.3, 0.4) is 0 Å². The van der Waals surface area contributed by atoms with Gasteiger partial charge >= 0.3 is 12.1 Å². The van der Waals surface area contributed by atoms with Gasteiger partial charge in [-0.3, -0.25) is 9.69 Å². The minimum absolute atomic E-state index is 0.00861. The summed E-state index contributed by atoms with van der Waals surface area (Å²) in [6.07, 6.45) is 5.39. The van der Waals surface area contributed by atoms with Crippen molar-refractivity contribution in [2.75, 3.05) is 20.8 Å². The van der Waals surface area contributed by atoms with Gasteiger partial charge in [-0.2, -0.15) is 0 Å². The summed E-state index contributed by atoms with van der Waals surface area (Å²) >= 11 is 0. The number of carboxylic acid groups (broad SMARTS) is 1. The number of methoxy groups -OCH3 is 2. The summed E-state index contributed by atoms with van der Waals surface area (Å²) < 4.78 is 15.8. The molecule has 1 aliphatic carbocycles. The highest BCUT2D eigenvalue weighted by Crippen LogP contribution is 2.45. The Morgan fingerprint density at radius 2 is 1.81 bits per heavy atom. The van der Waals surface area contributed by atoms with Gasteiger partial charge in [-0.05, 0) is 54.7 Å². The van der Waals surface area contributed by atoms with E-state index in [0.717, 1.165) is 30.6 Å². The summed E-state index contributed by atoms with van der Waals surface area (Å²) in [5, 5.41) is 19.7. The molecule has 0 aromatic heterocycles. The van der Waals surface area contributed by atoms with Gasteiger partial charge in [0, 0.05) is 12.6 Å². The molecular weight excluding hydrogens is 414 g/mol. The Hall–Kier alpha value is -2.58. The third-order valence-electron chi connectivity index (χ3n) is 6.46. The van der Waals surface area contributed by atoms with Gasteiger partial charge in [0.05, 0.1) is 27.2 Å². The number of carbonyl (C=O) groups is 2. The number of aliphatic carboxylic acids is 1. The Balaban J connectivity index is 1.52. The predicted molar refractivity (Wildman–Crippen MR) is 117 cm³/mol. The summed E-state index contributed by atoms with van der Waals surface area (Å²) in [4.78, 5) is 25.0. The summed E-state index contributed by atoms with van der Waals surface area (Å²) in [6, 6.07) is 7.52. The van der Waals surface area contributed by atoms with Crippen LogP contribution in [0.5, 0.6) is 5.75 Å². The number of amides is 1. The third-order valence-corrected chi connectivity index (χ3v) is 6.46. The van der Waals surface area contributed by atoms with Crippen molar-refractivity contribution < 1.29 is 34.0 Å². The molecule has 176 valence electrons. The van der Waals surface area contributed by atoms with E-state index in [9.17, 15) is 19.8 Å². The molecule has 5 atom stereocenters. The van der Waals surface area contributed by atoms with Gasteiger partial charge in [0.2, 0.25) is 0 Å². The zero-order valence-electron chi connectivity index (χ0n) is 18.7. The molecule has 3 rings (SSSR count). The first-order valence-electron chi connectivity index (χ1n) is 11.1. The fraction of sp³-hybridized carbons (Fsp3) is 0.583. The second-order valence-electron chi connectivity index (χ2n) is 8.45. The van der Waals surface area contributed by atoms with Crippen LogP contribution in [0.1, 0.15) is 37.7 Å². The van der Waals surface area contributed by atoms with Gasteiger partial charge in [0.1, 0.15) is 12.0 Å². The number of allylic oxidation sites excluding steroid dienone is 1. The number of fused-ring (bicyclic) bond motifs is 1. The predicted octanol–water partition coefficient (Wildman–Crippen LogP) is 3.43. The van der Waals surface area contributed by atoms with Crippen molar-refractivity contribution in [2.45, 2.75) is 51.0 Å². The molecule has 8 nitrogen and oxygen atoms in total.